The van der Waals surface area contributed by atoms with E-state index in [2.05, 4.69) is 0 Å². The van der Waals surface area contributed by atoms with Gasteiger partial charge < -0.3 is 0 Å². The fraction of sp³-hybridized carbons (Fsp3) is 0.273. The van der Waals surface area contributed by atoms with Gasteiger partial charge in [0.2, 0.25) is 0 Å². The maximum absolute atomic E-state index is 11.8. The molecule has 0 heterocycles. The quantitative estimate of drug-likeness (QED) is 0.735. The standard InChI is InChI=1S/C11H11ClN2O/c1-14(2)10(7-13)11(15)8-3-5-9(12)6-4-8/h3-6,10H,1-2H3/t10-/m1/s1. The topological polar surface area (TPSA) is 44.1 Å². The van der Waals surface area contributed by atoms with Crippen LogP contribution in [0, 0.1) is 11.3 Å². The second-order valence-corrected chi connectivity index (χ2v) is 3.80. The number of halogens is 1. The zero-order chi connectivity index (χ0) is 11.4. The Morgan fingerprint density at radius 3 is 2.33 bits per heavy atom. The molecule has 1 aromatic rings. The Bertz CT molecular complexity index is 392. The van der Waals surface area contributed by atoms with E-state index in [9.17, 15) is 4.79 Å². The summed E-state index contributed by atoms with van der Waals surface area (Å²) in [6.07, 6.45) is 0. The van der Waals surface area contributed by atoms with Crippen molar-refractivity contribution in [3.05, 3.63) is 34.9 Å². The van der Waals surface area contributed by atoms with E-state index >= 15 is 0 Å². The second kappa shape index (κ2) is 4.92. The summed E-state index contributed by atoms with van der Waals surface area (Å²) >= 11 is 5.71. The Morgan fingerprint density at radius 1 is 1.40 bits per heavy atom. The van der Waals surface area contributed by atoms with Crippen molar-refractivity contribution in [2.75, 3.05) is 14.1 Å². The van der Waals surface area contributed by atoms with Gasteiger partial charge in [0.1, 0.15) is 0 Å². The third-order valence-corrected chi connectivity index (χ3v) is 2.27. The van der Waals surface area contributed by atoms with Crippen LogP contribution in [0.3, 0.4) is 0 Å². The van der Waals surface area contributed by atoms with Crippen molar-refractivity contribution < 1.29 is 4.79 Å². The van der Waals surface area contributed by atoms with Crippen molar-refractivity contribution >= 4 is 17.4 Å². The molecule has 1 rings (SSSR count). The lowest BCUT2D eigenvalue weighted by molar-refractivity contribution is 0.0917. The Balaban J connectivity index is 2.94. The summed E-state index contributed by atoms with van der Waals surface area (Å²) in [6.45, 7) is 0. The van der Waals surface area contributed by atoms with E-state index < -0.39 is 6.04 Å². The van der Waals surface area contributed by atoms with Crippen LogP contribution in [0.1, 0.15) is 10.4 Å². The van der Waals surface area contributed by atoms with Gasteiger partial charge in [0.25, 0.3) is 0 Å². The van der Waals surface area contributed by atoms with Gasteiger partial charge >= 0.3 is 0 Å². The second-order valence-electron chi connectivity index (χ2n) is 3.37. The van der Waals surface area contributed by atoms with Crippen LogP contribution in [0.25, 0.3) is 0 Å². The predicted molar refractivity (Wildman–Crippen MR) is 58.9 cm³/mol. The molecule has 1 aromatic carbocycles. The maximum atomic E-state index is 11.8. The number of ketones is 1. The molecule has 78 valence electrons. The molecule has 15 heavy (non-hydrogen) atoms. The monoisotopic (exact) mass is 222 g/mol. The van der Waals surface area contributed by atoms with Crippen LogP contribution in [-0.4, -0.2) is 30.8 Å². The number of likely N-dealkylation sites (N-methyl/N-ethyl adjacent to an activating group) is 1. The van der Waals surface area contributed by atoms with Crippen LogP contribution in [0.15, 0.2) is 24.3 Å². The van der Waals surface area contributed by atoms with Gasteiger partial charge in [-0.15, -0.1) is 0 Å². The van der Waals surface area contributed by atoms with Crippen LogP contribution < -0.4 is 0 Å². The molecule has 0 spiro atoms. The number of rotatable bonds is 3. The van der Waals surface area contributed by atoms with E-state index in [1.54, 1.807) is 43.3 Å². The lowest BCUT2D eigenvalue weighted by Gasteiger charge is -2.15. The van der Waals surface area contributed by atoms with Gasteiger partial charge in [-0.05, 0) is 38.4 Å². The molecule has 3 nitrogen and oxygen atoms in total. The SMILES string of the molecule is CN(C)[C@H](C#N)C(=O)c1ccc(Cl)cc1. The minimum atomic E-state index is -0.744. The molecule has 0 N–H and O–H groups in total. The molecule has 0 bridgehead atoms. The molecular weight excluding hydrogens is 212 g/mol. The molecule has 0 aliphatic heterocycles. The van der Waals surface area contributed by atoms with E-state index in [0.717, 1.165) is 0 Å². The van der Waals surface area contributed by atoms with Crippen molar-refractivity contribution in [3.8, 4) is 6.07 Å². The molecule has 0 aliphatic rings. The van der Waals surface area contributed by atoms with Gasteiger partial charge in [-0.3, -0.25) is 9.69 Å². The molecule has 0 fully saturated rings. The van der Waals surface area contributed by atoms with Crippen molar-refractivity contribution in [1.29, 1.82) is 5.26 Å². The van der Waals surface area contributed by atoms with Gasteiger partial charge in [-0.25, -0.2) is 0 Å². The first-order valence-corrected chi connectivity index (χ1v) is 4.80. The number of Topliss-reactive ketones (excluding diaryl/α,β-unsaturated/α-hetero) is 1. The number of benzene rings is 1. The smallest absolute Gasteiger partial charge is 0.194 e. The zero-order valence-corrected chi connectivity index (χ0v) is 9.32. The predicted octanol–water partition coefficient (Wildman–Crippen LogP) is 1.98. The first-order chi connectivity index (χ1) is 7.06. The van der Waals surface area contributed by atoms with Crippen molar-refractivity contribution in [3.63, 3.8) is 0 Å². The maximum Gasteiger partial charge on any atom is 0.194 e. The number of carbonyl (C=O) groups is 1. The molecular formula is C11H11ClN2O. The van der Waals surface area contributed by atoms with E-state index in [1.807, 2.05) is 6.07 Å². The normalized spacial score (nSPS) is 12.2. The molecule has 0 unspecified atom stereocenters. The summed E-state index contributed by atoms with van der Waals surface area (Å²) in [5, 5.41) is 9.42. The van der Waals surface area contributed by atoms with Crippen LogP contribution >= 0.6 is 11.6 Å². The molecule has 0 saturated carbocycles. The minimum Gasteiger partial charge on any atom is -0.291 e. The first kappa shape index (κ1) is 11.7. The highest BCUT2D eigenvalue weighted by molar-refractivity contribution is 6.30. The van der Waals surface area contributed by atoms with Crippen LogP contribution in [0.5, 0.6) is 0 Å². The summed E-state index contributed by atoms with van der Waals surface area (Å²) in [5.41, 5.74) is 0.500. The molecule has 0 aromatic heterocycles. The number of hydrogen-bond acceptors (Lipinski definition) is 3. The highest BCUT2D eigenvalue weighted by Gasteiger charge is 2.21. The van der Waals surface area contributed by atoms with Gasteiger partial charge in [-0.2, -0.15) is 5.26 Å². The number of carbonyl (C=O) groups excluding carboxylic acids is 1. The molecule has 4 heteroatoms. The van der Waals surface area contributed by atoms with E-state index in [4.69, 9.17) is 16.9 Å². The Morgan fingerprint density at radius 2 is 1.93 bits per heavy atom. The Hall–Kier alpha value is -1.37. The molecule has 0 aliphatic carbocycles. The summed E-state index contributed by atoms with van der Waals surface area (Å²) in [5.74, 6) is -0.209. The van der Waals surface area contributed by atoms with Crippen LogP contribution in [0.4, 0.5) is 0 Å². The van der Waals surface area contributed by atoms with Crippen molar-refractivity contribution in [2.45, 2.75) is 6.04 Å². The lowest BCUT2D eigenvalue weighted by Crippen LogP contribution is -2.34. The molecule has 0 radical (unpaired) electrons. The van der Waals surface area contributed by atoms with Crippen LogP contribution in [-0.2, 0) is 0 Å². The minimum absolute atomic E-state index is 0.209. The number of nitriles is 1. The third kappa shape index (κ3) is 2.79. The van der Waals surface area contributed by atoms with Gasteiger partial charge in [0.05, 0.1) is 6.07 Å². The average molecular weight is 223 g/mol. The summed E-state index contributed by atoms with van der Waals surface area (Å²) in [7, 11) is 3.39. The number of hydrogen-bond donors (Lipinski definition) is 0. The van der Waals surface area contributed by atoms with Gasteiger partial charge in [-0.1, -0.05) is 11.6 Å². The van der Waals surface area contributed by atoms with Crippen molar-refractivity contribution in [2.24, 2.45) is 0 Å². The summed E-state index contributed by atoms with van der Waals surface area (Å²) in [4.78, 5) is 13.4. The summed E-state index contributed by atoms with van der Waals surface area (Å²) in [6, 6.07) is 7.74. The number of nitrogens with zero attached hydrogens (tertiary/aromatic N) is 2. The highest BCUT2D eigenvalue weighted by Crippen LogP contribution is 2.12. The van der Waals surface area contributed by atoms with E-state index in [0.29, 0.717) is 10.6 Å². The molecule has 0 saturated heterocycles. The van der Waals surface area contributed by atoms with Crippen molar-refractivity contribution in [1.82, 2.24) is 4.90 Å². The van der Waals surface area contributed by atoms with E-state index in [-0.39, 0.29) is 5.78 Å². The zero-order valence-electron chi connectivity index (χ0n) is 8.57. The molecule has 0 amide bonds. The van der Waals surface area contributed by atoms with Crippen LogP contribution in [0.2, 0.25) is 5.02 Å². The largest absolute Gasteiger partial charge is 0.291 e. The van der Waals surface area contributed by atoms with E-state index in [1.165, 1.54) is 0 Å². The Labute approximate surface area is 93.9 Å². The Kier molecular flexibility index (Phi) is 3.84. The highest BCUT2D eigenvalue weighted by atomic mass is 35.5. The molecule has 1 atom stereocenters. The van der Waals surface area contributed by atoms with Gasteiger partial charge in [0.15, 0.2) is 11.8 Å². The summed E-state index contributed by atoms with van der Waals surface area (Å²) < 4.78 is 0. The fourth-order valence-electron chi connectivity index (χ4n) is 1.18. The first-order valence-electron chi connectivity index (χ1n) is 4.42. The fourth-order valence-corrected chi connectivity index (χ4v) is 1.31. The van der Waals surface area contributed by atoms with Gasteiger partial charge in [0, 0.05) is 10.6 Å². The average Bonchev–Trinajstić information content (AvgIpc) is 2.19. The lowest BCUT2D eigenvalue weighted by atomic mass is 10.0. The third-order valence-electron chi connectivity index (χ3n) is 2.02.